The van der Waals surface area contributed by atoms with Crippen molar-refractivity contribution in [3.05, 3.63) is 48.2 Å². The van der Waals surface area contributed by atoms with E-state index in [1.807, 2.05) is 37.3 Å². The number of carbonyl (C=O) groups excluding carboxylic acids is 1. The lowest BCUT2D eigenvalue weighted by Crippen LogP contribution is -2.47. The second kappa shape index (κ2) is 8.66. The Morgan fingerprint density at radius 3 is 2.48 bits per heavy atom. The minimum atomic E-state index is -2.05. The van der Waals surface area contributed by atoms with Gasteiger partial charge in [0, 0.05) is 0 Å². The highest BCUT2D eigenvalue weighted by Gasteiger charge is 2.41. The maximum absolute atomic E-state index is 12.3. The van der Waals surface area contributed by atoms with Crippen molar-refractivity contribution in [3.8, 4) is 0 Å². The van der Waals surface area contributed by atoms with E-state index in [0.717, 1.165) is 5.56 Å². The fraction of sp³-hybridized carbons (Fsp3) is 0.526. The van der Waals surface area contributed by atoms with Crippen molar-refractivity contribution in [2.45, 2.75) is 64.6 Å². The highest BCUT2D eigenvalue weighted by Crippen LogP contribution is 2.38. The van der Waals surface area contributed by atoms with Gasteiger partial charge in [0.2, 0.25) is 12.3 Å². The minimum Gasteiger partial charge on any atom is -0.445 e. The molecule has 148 valence electrons. The second-order valence-electron chi connectivity index (χ2n) is 8.04. The molecule has 1 heterocycles. The van der Waals surface area contributed by atoms with Crippen LogP contribution in [0.2, 0.25) is 18.1 Å². The van der Waals surface area contributed by atoms with Crippen LogP contribution in [-0.4, -0.2) is 30.7 Å². The third-order valence-corrected chi connectivity index (χ3v) is 9.46. The van der Waals surface area contributed by atoms with Gasteiger partial charge < -0.3 is 18.9 Å². The van der Waals surface area contributed by atoms with Gasteiger partial charge in [0.15, 0.2) is 8.32 Å². The SMILES string of the molecule is C[C@@H](O[Si](C)(C)C(C)(C)C)[C@H](NC(=O)OCc1ccccc1)c1nnco1. The zero-order valence-electron chi connectivity index (χ0n) is 16.9. The van der Waals surface area contributed by atoms with Crippen molar-refractivity contribution in [2.24, 2.45) is 0 Å². The molecule has 0 radical (unpaired) electrons. The Kier molecular flexibility index (Phi) is 6.77. The molecule has 1 amide bonds. The lowest BCUT2D eigenvalue weighted by molar-refractivity contribution is 0.105. The molecule has 1 aromatic carbocycles. The van der Waals surface area contributed by atoms with Crippen LogP contribution in [-0.2, 0) is 15.8 Å². The molecule has 0 aliphatic carbocycles. The number of aromatic nitrogens is 2. The molecular formula is C19H29N3O4Si. The van der Waals surface area contributed by atoms with Crippen molar-refractivity contribution in [3.63, 3.8) is 0 Å². The first kappa shape index (κ1) is 21.1. The first-order valence-corrected chi connectivity index (χ1v) is 11.9. The smallest absolute Gasteiger partial charge is 0.408 e. The standard InChI is InChI=1S/C19H29N3O4Si/c1-14(26-27(5,6)19(2,3)4)16(17-22-20-13-25-17)21-18(23)24-12-15-10-8-7-9-11-15/h7-11,13-14,16H,12H2,1-6H3,(H,21,23)/t14-,16+/m1/s1. The molecule has 27 heavy (non-hydrogen) atoms. The summed E-state index contributed by atoms with van der Waals surface area (Å²) in [7, 11) is -2.05. The lowest BCUT2D eigenvalue weighted by Gasteiger charge is -2.39. The van der Waals surface area contributed by atoms with E-state index in [4.69, 9.17) is 13.6 Å². The van der Waals surface area contributed by atoms with Crippen LogP contribution in [0.3, 0.4) is 0 Å². The molecule has 2 atom stereocenters. The highest BCUT2D eigenvalue weighted by molar-refractivity contribution is 6.74. The molecule has 7 nitrogen and oxygen atoms in total. The Hall–Kier alpha value is -2.19. The van der Waals surface area contributed by atoms with Crippen molar-refractivity contribution < 1.29 is 18.4 Å². The molecule has 0 fully saturated rings. The predicted octanol–water partition coefficient (Wildman–Crippen LogP) is 4.45. The summed E-state index contributed by atoms with van der Waals surface area (Å²) < 4.78 is 17.0. The maximum Gasteiger partial charge on any atom is 0.408 e. The van der Waals surface area contributed by atoms with Crippen LogP contribution in [0.25, 0.3) is 0 Å². The van der Waals surface area contributed by atoms with Crippen LogP contribution in [0.15, 0.2) is 41.1 Å². The Bertz CT molecular complexity index is 714. The van der Waals surface area contributed by atoms with Gasteiger partial charge in [-0.15, -0.1) is 10.2 Å². The van der Waals surface area contributed by atoms with Gasteiger partial charge in [-0.2, -0.15) is 0 Å². The normalized spacial score (nSPS) is 14.4. The summed E-state index contributed by atoms with van der Waals surface area (Å²) >= 11 is 0. The summed E-state index contributed by atoms with van der Waals surface area (Å²) in [6, 6.07) is 8.90. The zero-order chi connectivity index (χ0) is 20.1. The van der Waals surface area contributed by atoms with E-state index in [9.17, 15) is 4.79 Å². The number of ether oxygens (including phenoxy) is 1. The number of amides is 1. The van der Waals surface area contributed by atoms with Crippen LogP contribution in [0.5, 0.6) is 0 Å². The van der Waals surface area contributed by atoms with Gasteiger partial charge in [0.05, 0.1) is 6.10 Å². The van der Waals surface area contributed by atoms with Crippen molar-refractivity contribution in [1.29, 1.82) is 0 Å². The molecule has 0 bridgehead atoms. The Balaban J connectivity index is 2.05. The monoisotopic (exact) mass is 391 g/mol. The van der Waals surface area contributed by atoms with E-state index in [-0.39, 0.29) is 23.6 Å². The number of nitrogens with one attached hydrogen (secondary N) is 1. The van der Waals surface area contributed by atoms with E-state index in [0.29, 0.717) is 0 Å². The number of hydrogen-bond donors (Lipinski definition) is 1. The van der Waals surface area contributed by atoms with Crippen molar-refractivity contribution in [1.82, 2.24) is 15.5 Å². The Labute approximate surface area is 161 Å². The molecular weight excluding hydrogens is 362 g/mol. The zero-order valence-corrected chi connectivity index (χ0v) is 17.9. The van der Waals surface area contributed by atoms with Gasteiger partial charge in [0.1, 0.15) is 12.6 Å². The molecule has 1 aromatic heterocycles. The average molecular weight is 392 g/mol. The van der Waals surface area contributed by atoms with Crippen LogP contribution in [0.4, 0.5) is 4.79 Å². The maximum atomic E-state index is 12.3. The van der Waals surface area contributed by atoms with Crippen molar-refractivity contribution in [2.75, 3.05) is 0 Å². The fourth-order valence-corrected chi connectivity index (χ4v) is 3.72. The van der Waals surface area contributed by atoms with E-state index >= 15 is 0 Å². The summed E-state index contributed by atoms with van der Waals surface area (Å²) in [6.07, 6.45) is 0.321. The first-order chi connectivity index (χ1) is 12.6. The molecule has 0 aliphatic heterocycles. The quantitative estimate of drug-likeness (QED) is 0.702. The molecule has 0 saturated heterocycles. The molecule has 2 aromatic rings. The molecule has 8 heteroatoms. The summed E-state index contributed by atoms with van der Waals surface area (Å²) in [6.45, 7) is 12.9. The summed E-state index contributed by atoms with van der Waals surface area (Å²) in [5, 5.41) is 10.5. The molecule has 2 rings (SSSR count). The van der Waals surface area contributed by atoms with Gasteiger partial charge in [0.25, 0.3) is 0 Å². The summed E-state index contributed by atoms with van der Waals surface area (Å²) in [4.78, 5) is 12.3. The van der Waals surface area contributed by atoms with Gasteiger partial charge in [-0.1, -0.05) is 51.1 Å². The number of carbonyl (C=O) groups is 1. The number of nitrogens with zero attached hydrogens (tertiary/aromatic N) is 2. The van der Waals surface area contributed by atoms with E-state index in [1.54, 1.807) is 0 Å². The van der Waals surface area contributed by atoms with Crippen LogP contribution >= 0.6 is 0 Å². The average Bonchev–Trinajstić information content (AvgIpc) is 3.11. The lowest BCUT2D eigenvalue weighted by atomic mass is 10.2. The molecule has 0 spiro atoms. The molecule has 0 unspecified atom stereocenters. The highest BCUT2D eigenvalue weighted by atomic mass is 28.4. The van der Waals surface area contributed by atoms with Crippen molar-refractivity contribution >= 4 is 14.4 Å². The topological polar surface area (TPSA) is 86.5 Å². The number of alkyl carbamates (subject to hydrolysis) is 1. The van der Waals surface area contributed by atoms with E-state index in [1.165, 1.54) is 6.39 Å². The summed E-state index contributed by atoms with van der Waals surface area (Å²) in [5.41, 5.74) is 0.910. The fourth-order valence-electron chi connectivity index (χ4n) is 2.30. The number of benzene rings is 1. The Morgan fingerprint density at radius 1 is 1.26 bits per heavy atom. The van der Waals surface area contributed by atoms with Crippen LogP contribution in [0, 0.1) is 0 Å². The van der Waals surface area contributed by atoms with Gasteiger partial charge in [-0.05, 0) is 30.6 Å². The Morgan fingerprint density at radius 2 is 1.93 bits per heavy atom. The van der Waals surface area contributed by atoms with E-state index < -0.39 is 20.5 Å². The minimum absolute atomic E-state index is 0.0362. The van der Waals surface area contributed by atoms with Crippen LogP contribution < -0.4 is 5.32 Å². The first-order valence-electron chi connectivity index (χ1n) is 9.01. The molecule has 1 N–H and O–H groups in total. The molecule has 0 saturated carbocycles. The molecule has 0 aliphatic rings. The largest absolute Gasteiger partial charge is 0.445 e. The van der Waals surface area contributed by atoms with Gasteiger partial charge >= 0.3 is 6.09 Å². The number of rotatable bonds is 7. The summed E-state index contributed by atoms with van der Waals surface area (Å²) in [5.74, 6) is 0.290. The van der Waals surface area contributed by atoms with Gasteiger partial charge in [-0.3, -0.25) is 0 Å². The van der Waals surface area contributed by atoms with E-state index in [2.05, 4.69) is 49.4 Å². The second-order valence-corrected chi connectivity index (χ2v) is 12.8. The number of hydrogen-bond acceptors (Lipinski definition) is 6. The van der Waals surface area contributed by atoms with Gasteiger partial charge in [-0.25, -0.2) is 4.79 Å². The van der Waals surface area contributed by atoms with Crippen LogP contribution in [0.1, 0.15) is 45.2 Å². The predicted molar refractivity (Wildman–Crippen MR) is 105 cm³/mol. The third kappa shape index (κ3) is 5.90. The third-order valence-electron chi connectivity index (χ3n) is 4.89.